The summed E-state index contributed by atoms with van der Waals surface area (Å²) in [6.07, 6.45) is -0.288. The van der Waals surface area contributed by atoms with Crippen molar-refractivity contribution >= 4 is 5.90 Å². The predicted molar refractivity (Wildman–Crippen MR) is 87.2 cm³/mol. The molecule has 120 valence electrons. The first-order valence-corrected chi connectivity index (χ1v) is 7.39. The van der Waals surface area contributed by atoms with E-state index in [1.165, 1.54) is 0 Å². The van der Waals surface area contributed by atoms with E-state index in [1.807, 2.05) is 48.5 Å². The van der Waals surface area contributed by atoms with Crippen molar-refractivity contribution in [2.24, 2.45) is 4.99 Å². The number of nitrogens with zero attached hydrogens (tertiary/aromatic N) is 1. The highest BCUT2D eigenvalue weighted by atomic mass is 16.5. The minimum absolute atomic E-state index is 0.0731. The van der Waals surface area contributed by atoms with Gasteiger partial charge < -0.3 is 19.3 Å². The Bertz CT molecular complexity index is 699. The molecular formula is C18H19NO4. The van der Waals surface area contributed by atoms with Crippen molar-refractivity contribution in [3.05, 3.63) is 59.7 Å². The van der Waals surface area contributed by atoms with Crippen LogP contribution in [0.2, 0.25) is 0 Å². The highest BCUT2D eigenvalue weighted by molar-refractivity contribution is 5.96. The van der Waals surface area contributed by atoms with Gasteiger partial charge in [-0.1, -0.05) is 30.3 Å². The van der Waals surface area contributed by atoms with Crippen LogP contribution in [0.1, 0.15) is 17.2 Å². The molecule has 1 aliphatic rings. The largest absolute Gasteiger partial charge is 0.493 e. The third kappa shape index (κ3) is 3.00. The zero-order valence-electron chi connectivity index (χ0n) is 13.1. The van der Waals surface area contributed by atoms with Gasteiger partial charge in [-0.2, -0.15) is 0 Å². The second-order valence-electron chi connectivity index (χ2n) is 5.20. The summed E-state index contributed by atoms with van der Waals surface area (Å²) in [5.41, 5.74) is 1.78. The van der Waals surface area contributed by atoms with E-state index in [0.717, 1.165) is 11.1 Å². The molecule has 5 heteroatoms. The fourth-order valence-corrected chi connectivity index (χ4v) is 2.63. The van der Waals surface area contributed by atoms with Crippen LogP contribution in [0.3, 0.4) is 0 Å². The maximum atomic E-state index is 9.61. The van der Waals surface area contributed by atoms with Crippen LogP contribution in [0, 0.1) is 0 Å². The minimum atomic E-state index is -0.319. The number of benzene rings is 2. The molecule has 0 saturated heterocycles. The van der Waals surface area contributed by atoms with E-state index in [0.29, 0.717) is 17.4 Å². The Hall–Kier alpha value is -2.53. The van der Waals surface area contributed by atoms with Gasteiger partial charge in [0.1, 0.15) is 6.04 Å². The lowest BCUT2D eigenvalue weighted by Gasteiger charge is -2.16. The fraction of sp³-hybridized carbons (Fsp3) is 0.278. The molecule has 1 N–H and O–H groups in total. The average molecular weight is 313 g/mol. The molecule has 0 aliphatic carbocycles. The Morgan fingerprint density at radius 3 is 2.43 bits per heavy atom. The normalized spacial score (nSPS) is 19.9. The molecule has 23 heavy (non-hydrogen) atoms. The molecular weight excluding hydrogens is 294 g/mol. The van der Waals surface area contributed by atoms with Gasteiger partial charge in [0.05, 0.1) is 20.8 Å². The fourth-order valence-electron chi connectivity index (χ4n) is 2.63. The Morgan fingerprint density at radius 1 is 1.04 bits per heavy atom. The summed E-state index contributed by atoms with van der Waals surface area (Å²) >= 11 is 0. The molecule has 5 nitrogen and oxygen atoms in total. The summed E-state index contributed by atoms with van der Waals surface area (Å²) in [6.45, 7) is -0.0731. The minimum Gasteiger partial charge on any atom is -0.493 e. The Morgan fingerprint density at radius 2 is 1.78 bits per heavy atom. The van der Waals surface area contributed by atoms with Crippen molar-refractivity contribution in [2.45, 2.75) is 12.1 Å². The van der Waals surface area contributed by atoms with Crippen LogP contribution in [0.4, 0.5) is 0 Å². The molecule has 1 heterocycles. The summed E-state index contributed by atoms with van der Waals surface area (Å²) in [5, 5.41) is 9.61. The van der Waals surface area contributed by atoms with Gasteiger partial charge >= 0.3 is 0 Å². The van der Waals surface area contributed by atoms with E-state index in [9.17, 15) is 5.11 Å². The smallest absolute Gasteiger partial charge is 0.217 e. The van der Waals surface area contributed by atoms with Crippen LogP contribution < -0.4 is 9.47 Å². The van der Waals surface area contributed by atoms with Crippen LogP contribution in [-0.2, 0) is 4.74 Å². The van der Waals surface area contributed by atoms with Crippen molar-refractivity contribution in [2.75, 3.05) is 20.8 Å². The zero-order valence-corrected chi connectivity index (χ0v) is 13.1. The van der Waals surface area contributed by atoms with Crippen molar-refractivity contribution in [3.8, 4) is 11.5 Å². The van der Waals surface area contributed by atoms with Gasteiger partial charge in [0, 0.05) is 5.56 Å². The molecule has 0 spiro atoms. The number of hydrogen-bond acceptors (Lipinski definition) is 5. The maximum absolute atomic E-state index is 9.61. The summed E-state index contributed by atoms with van der Waals surface area (Å²) in [7, 11) is 3.18. The average Bonchev–Trinajstić information content (AvgIpc) is 3.06. The monoisotopic (exact) mass is 313 g/mol. The zero-order chi connectivity index (χ0) is 16.2. The summed E-state index contributed by atoms with van der Waals surface area (Å²) in [6, 6.07) is 15.0. The maximum Gasteiger partial charge on any atom is 0.217 e. The van der Waals surface area contributed by atoms with Gasteiger partial charge in [-0.05, 0) is 23.8 Å². The number of ether oxygens (including phenoxy) is 3. The van der Waals surface area contributed by atoms with Gasteiger partial charge in [-0.15, -0.1) is 0 Å². The highest BCUT2D eigenvalue weighted by Crippen LogP contribution is 2.33. The topological polar surface area (TPSA) is 60.3 Å². The van der Waals surface area contributed by atoms with E-state index in [2.05, 4.69) is 4.99 Å². The van der Waals surface area contributed by atoms with Gasteiger partial charge in [0.2, 0.25) is 5.90 Å². The molecule has 0 unspecified atom stereocenters. The number of hydrogen-bond donors (Lipinski definition) is 1. The third-order valence-corrected chi connectivity index (χ3v) is 3.82. The quantitative estimate of drug-likeness (QED) is 0.921. The van der Waals surface area contributed by atoms with Crippen LogP contribution in [-0.4, -0.2) is 37.9 Å². The second-order valence-corrected chi connectivity index (χ2v) is 5.20. The molecule has 2 aromatic carbocycles. The van der Waals surface area contributed by atoms with Crippen LogP contribution in [0.15, 0.2) is 53.5 Å². The molecule has 0 aromatic heterocycles. The number of methoxy groups -OCH3 is 2. The summed E-state index contributed by atoms with van der Waals surface area (Å²) in [5.74, 6) is 1.76. The van der Waals surface area contributed by atoms with Gasteiger partial charge in [-0.3, -0.25) is 0 Å². The molecule has 0 saturated carbocycles. The predicted octanol–water partition coefficient (Wildman–Crippen LogP) is 2.58. The first-order chi connectivity index (χ1) is 11.3. The Kier molecular flexibility index (Phi) is 4.48. The number of aliphatic hydroxyl groups excluding tert-OH is 1. The van der Waals surface area contributed by atoms with E-state index < -0.39 is 0 Å². The molecule has 3 rings (SSSR count). The van der Waals surface area contributed by atoms with E-state index in [4.69, 9.17) is 14.2 Å². The molecule has 0 fully saturated rings. The van der Waals surface area contributed by atoms with Crippen LogP contribution in [0.5, 0.6) is 11.5 Å². The lowest BCUT2D eigenvalue weighted by atomic mass is 10.0. The van der Waals surface area contributed by atoms with Crippen molar-refractivity contribution in [1.29, 1.82) is 0 Å². The van der Waals surface area contributed by atoms with Crippen molar-refractivity contribution in [3.63, 3.8) is 0 Å². The number of aliphatic hydroxyl groups is 1. The number of rotatable bonds is 5. The Balaban J connectivity index is 1.89. The lowest BCUT2D eigenvalue weighted by Crippen LogP contribution is -2.17. The molecule has 0 radical (unpaired) electrons. The second kappa shape index (κ2) is 6.71. The van der Waals surface area contributed by atoms with Gasteiger partial charge in [0.15, 0.2) is 17.6 Å². The molecule has 2 atom stereocenters. The lowest BCUT2D eigenvalue weighted by molar-refractivity contribution is 0.152. The molecule has 0 bridgehead atoms. The SMILES string of the molecule is COc1ccc(C2=N[C@H](CO)[C@@H](c3ccccc3)O2)cc1OC. The van der Waals surface area contributed by atoms with Crippen molar-refractivity contribution in [1.82, 2.24) is 0 Å². The first-order valence-electron chi connectivity index (χ1n) is 7.39. The highest BCUT2D eigenvalue weighted by Gasteiger charge is 2.32. The van der Waals surface area contributed by atoms with Crippen molar-refractivity contribution < 1.29 is 19.3 Å². The summed E-state index contributed by atoms with van der Waals surface area (Å²) < 4.78 is 16.6. The molecule has 2 aromatic rings. The van der Waals surface area contributed by atoms with E-state index >= 15 is 0 Å². The van der Waals surface area contributed by atoms with Crippen LogP contribution in [0.25, 0.3) is 0 Å². The number of aliphatic imine (C=N–C) groups is 1. The van der Waals surface area contributed by atoms with Gasteiger partial charge in [0.25, 0.3) is 0 Å². The third-order valence-electron chi connectivity index (χ3n) is 3.82. The molecule has 0 amide bonds. The first kappa shape index (κ1) is 15.4. The Labute approximate surface area is 135 Å². The summed E-state index contributed by atoms with van der Waals surface area (Å²) in [4.78, 5) is 4.51. The standard InChI is InChI=1S/C18H19NO4/c1-21-15-9-8-13(10-16(15)22-2)18-19-14(11-20)17(23-18)12-6-4-3-5-7-12/h3-10,14,17,20H,11H2,1-2H3/t14-,17-/m1/s1. The van der Waals surface area contributed by atoms with E-state index in [-0.39, 0.29) is 18.8 Å². The van der Waals surface area contributed by atoms with E-state index in [1.54, 1.807) is 14.2 Å². The van der Waals surface area contributed by atoms with Gasteiger partial charge in [-0.25, -0.2) is 4.99 Å². The molecule has 1 aliphatic heterocycles. The van der Waals surface area contributed by atoms with Crippen LogP contribution >= 0.6 is 0 Å².